The van der Waals surface area contributed by atoms with Crippen LogP contribution in [0.2, 0.25) is 0 Å². The number of carbonyl (C=O) groups excluding carboxylic acids is 4. The molecule has 0 aliphatic heterocycles. The van der Waals surface area contributed by atoms with E-state index in [0.717, 1.165) is 4.90 Å². The van der Waals surface area contributed by atoms with Crippen LogP contribution >= 0.6 is 11.8 Å². The van der Waals surface area contributed by atoms with Crippen LogP contribution in [0.3, 0.4) is 0 Å². The summed E-state index contributed by atoms with van der Waals surface area (Å²) < 4.78 is 0. The molecule has 0 fully saturated rings. The van der Waals surface area contributed by atoms with Gasteiger partial charge >= 0.3 is 0 Å². The van der Waals surface area contributed by atoms with Crippen molar-refractivity contribution >= 4 is 46.5 Å². The average Bonchev–Trinajstić information content (AvgIpc) is 2.80. The molecule has 7 heteroatoms. The molecule has 0 bridgehead atoms. The van der Waals surface area contributed by atoms with Crippen LogP contribution in [0.5, 0.6) is 0 Å². The zero-order valence-corrected chi connectivity index (χ0v) is 20.6. The lowest BCUT2D eigenvalue weighted by molar-refractivity contribution is -0.118. The highest BCUT2D eigenvalue weighted by Crippen LogP contribution is 2.32. The SMILES string of the molecule is CC(C)(C)CC(=O)Nc1cccc(SCC(=O)Nc2cccc3c2C(=O)c2ccccc2C3=O)c1. The Morgan fingerprint density at radius 1 is 0.771 bits per heavy atom. The summed E-state index contributed by atoms with van der Waals surface area (Å²) in [6.45, 7) is 6.01. The predicted molar refractivity (Wildman–Crippen MR) is 138 cm³/mol. The number of carbonyl (C=O) groups is 4. The van der Waals surface area contributed by atoms with E-state index in [-0.39, 0.29) is 45.7 Å². The normalized spacial score (nSPS) is 12.5. The third-order valence-corrected chi connectivity index (χ3v) is 6.40. The molecule has 2 N–H and O–H groups in total. The predicted octanol–water partition coefficient (Wildman–Crippen LogP) is 5.57. The van der Waals surface area contributed by atoms with Gasteiger partial charge in [0, 0.05) is 33.7 Å². The van der Waals surface area contributed by atoms with Gasteiger partial charge in [-0.2, -0.15) is 0 Å². The Kier molecular flexibility index (Phi) is 6.89. The van der Waals surface area contributed by atoms with Crippen molar-refractivity contribution < 1.29 is 19.2 Å². The molecule has 0 heterocycles. The van der Waals surface area contributed by atoms with E-state index in [1.165, 1.54) is 11.8 Å². The number of nitrogens with one attached hydrogen (secondary N) is 2. The largest absolute Gasteiger partial charge is 0.326 e. The molecule has 0 radical (unpaired) electrons. The monoisotopic (exact) mass is 486 g/mol. The zero-order valence-electron chi connectivity index (χ0n) is 19.8. The highest BCUT2D eigenvalue weighted by atomic mass is 32.2. The van der Waals surface area contributed by atoms with E-state index in [4.69, 9.17) is 0 Å². The molecule has 3 aromatic carbocycles. The van der Waals surface area contributed by atoms with Crippen LogP contribution < -0.4 is 10.6 Å². The highest BCUT2D eigenvalue weighted by molar-refractivity contribution is 8.00. The molecule has 0 aromatic heterocycles. The number of ketones is 2. The molecule has 35 heavy (non-hydrogen) atoms. The molecule has 0 atom stereocenters. The third-order valence-electron chi connectivity index (χ3n) is 5.41. The molecule has 2 amide bonds. The number of thioether (sulfide) groups is 1. The number of rotatable bonds is 6. The Morgan fingerprint density at radius 2 is 1.43 bits per heavy atom. The minimum atomic E-state index is -0.301. The van der Waals surface area contributed by atoms with E-state index in [1.807, 2.05) is 39.0 Å². The maximum atomic E-state index is 13.1. The molecular formula is C28H26N2O4S. The van der Waals surface area contributed by atoms with Crippen LogP contribution in [0.15, 0.2) is 71.6 Å². The Bertz CT molecular complexity index is 1340. The van der Waals surface area contributed by atoms with Gasteiger partial charge < -0.3 is 10.6 Å². The molecule has 3 aromatic rings. The van der Waals surface area contributed by atoms with Crippen LogP contribution in [0.25, 0.3) is 0 Å². The summed E-state index contributed by atoms with van der Waals surface area (Å²) in [6.07, 6.45) is 0.403. The van der Waals surface area contributed by atoms with Crippen LogP contribution in [-0.2, 0) is 9.59 Å². The molecule has 6 nitrogen and oxygen atoms in total. The molecular weight excluding hydrogens is 460 g/mol. The fourth-order valence-electron chi connectivity index (χ4n) is 3.93. The van der Waals surface area contributed by atoms with E-state index in [2.05, 4.69) is 10.6 Å². The van der Waals surface area contributed by atoms with Crippen molar-refractivity contribution in [2.45, 2.75) is 32.1 Å². The summed E-state index contributed by atoms with van der Waals surface area (Å²) in [7, 11) is 0. The molecule has 178 valence electrons. The topological polar surface area (TPSA) is 92.3 Å². The van der Waals surface area contributed by atoms with Crippen molar-refractivity contribution in [3.8, 4) is 0 Å². The molecule has 0 spiro atoms. The number of hydrogen-bond donors (Lipinski definition) is 2. The minimum Gasteiger partial charge on any atom is -0.326 e. The van der Waals surface area contributed by atoms with Gasteiger partial charge in [-0.1, -0.05) is 63.2 Å². The lowest BCUT2D eigenvalue weighted by Gasteiger charge is -2.20. The van der Waals surface area contributed by atoms with Gasteiger partial charge in [0.1, 0.15) is 0 Å². The number of fused-ring (bicyclic) bond motifs is 2. The van der Waals surface area contributed by atoms with Gasteiger partial charge in [-0.3, -0.25) is 19.2 Å². The molecule has 0 unspecified atom stereocenters. The van der Waals surface area contributed by atoms with Gasteiger partial charge in [0.05, 0.1) is 17.0 Å². The fourth-order valence-corrected chi connectivity index (χ4v) is 4.69. The summed E-state index contributed by atoms with van der Waals surface area (Å²) in [5.74, 6) is -0.776. The van der Waals surface area contributed by atoms with Gasteiger partial charge in [0.2, 0.25) is 11.8 Å². The maximum absolute atomic E-state index is 13.1. The van der Waals surface area contributed by atoms with E-state index >= 15 is 0 Å². The van der Waals surface area contributed by atoms with E-state index in [9.17, 15) is 19.2 Å². The first-order chi connectivity index (χ1) is 16.6. The molecule has 1 aliphatic rings. The van der Waals surface area contributed by atoms with Crippen molar-refractivity contribution in [1.82, 2.24) is 0 Å². The fraction of sp³-hybridized carbons (Fsp3) is 0.214. The van der Waals surface area contributed by atoms with Crippen LogP contribution in [-0.4, -0.2) is 29.1 Å². The lowest BCUT2D eigenvalue weighted by Crippen LogP contribution is -2.24. The van der Waals surface area contributed by atoms with Gasteiger partial charge in [-0.15, -0.1) is 11.8 Å². The number of amides is 2. The first-order valence-corrected chi connectivity index (χ1v) is 12.2. The molecule has 1 aliphatic carbocycles. The Labute approximate surface area is 208 Å². The lowest BCUT2D eigenvalue weighted by atomic mass is 9.83. The quantitative estimate of drug-likeness (QED) is 0.348. The van der Waals surface area contributed by atoms with Crippen molar-refractivity contribution in [2.75, 3.05) is 16.4 Å². The maximum Gasteiger partial charge on any atom is 0.234 e. The van der Waals surface area contributed by atoms with Crippen LogP contribution in [0.4, 0.5) is 11.4 Å². The van der Waals surface area contributed by atoms with E-state index < -0.39 is 0 Å². The first kappa shape index (κ1) is 24.4. The van der Waals surface area contributed by atoms with E-state index in [1.54, 1.807) is 48.5 Å². The number of anilines is 2. The molecule has 4 rings (SSSR count). The Balaban J connectivity index is 1.43. The molecule has 0 saturated heterocycles. The first-order valence-electron chi connectivity index (χ1n) is 11.3. The van der Waals surface area contributed by atoms with Gasteiger partial charge in [0.15, 0.2) is 11.6 Å². The third kappa shape index (κ3) is 5.69. The van der Waals surface area contributed by atoms with Crippen molar-refractivity contribution in [3.63, 3.8) is 0 Å². The second-order valence-electron chi connectivity index (χ2n) is 9.58. The standard InChI is InChI=1S/C28H26N2O4S/c1-28(2,3)15-23(31)29-17-8-6-9-18(14-17)35-16-24(32)30-22-13-7-12-21-25(22)27(34)20-11-5-4-10-19(20)26(21)33/h4-14H,15-16H2,1-3H3,(H,29,31)(H,30,32). The number of hydrogen-bond acceptors (Lipinski definition) is 5. The van der Waals surface area contributed by atoms with Gasteiger partial charge in [-0.05, 0) is 29.7 Å². The van der Waals surface area contributed by atoms with Crippen LogP contribution in [0.1, 0.15) is 59.0 Å². The smallest absolute Gasteiger partial charge is 0.234 e. The highest BCUT2D eigenvalue weighted by Gasteiger charge is 2.31. The summed E-state index contributed by atoms with van der Waals surface area (Å²) >= 11 is 1.31. The Hall–Kier alpha value is -3.71. The second kappa shape index (κ2) is 9.88. The van der Waals surface area contributed by atoms with Crippen LogP contribution in [0, 0.1) is 5.41 Å². The summed E-state index contributed by atoms with van der Waals surface area (Å²) in [6, 6.07) is 18.9. The summed E-state index contributed by atoms with van der Waals surface area (Å²) in [5, 5.41) is 5.69. The Morgan fingerprint density at radius 3 is 2.14 bits per heavy atom. The second-order valence-corrected chi connectivity index (χ2v) is 10.6. The van der Waals surface area contributed by atoms with Gasteiger partial charge in [0.25, 0.3) is 0 Å². The van der Waals surface area contributed by atoms with Crippen molar-refractivity contribution in [2.24, 2.45) is 5.41 Å². The molecule has 0 saturated carbocycles. The van der Waals surface area contributed by atoms with Crippen molar-refractivity contribution in [1.29, 1.82) is 0 Å². The number of benzene rings is 3. The summed E-state index contributed by atoms with van der Waals surface area (Å²) in [4.78, 5) is 51.8. The van der Waals surface area contributed by atoms with Gasteiger partial charge in [-0.25, -0.2) is 0 Å². The van der Waals surface area contributed by atoms with Crippen molar-refractivity contribution in [3.05, 3.63) is 89.0 Å². The zero-order chi connectivity index (χ0) is 25.2. The average molecular weight is 487 g/mol. The minimum absolute atomic E-state index is 0.0629. The van der Waals surface area contributed by atoms with E-state index in [0.29, 0.717) is 28.9 Å². The summed E-state index contributed by atoms with van der Waals surface area (Å²) in [5.41, 5.74) is 2.11.